The summed E-state index contributed by atoms with van der Waals surface area (Å²) in [5, 5.41) is 46.4. The number of allylic oxidation sites excluding steroid dienone is 1. The SMILES string of the molecule is O=C(Nc1ccc([N+](=O)[O-])cc1)OCC1(O)CCC2=C(O)C3=C(C(=O)c4ccccc4C3=O)C(O)C2C1. The van der Waals surface area contributed by atoms with Crippen LogP contribution < -0.4 is 5.32 Å². The summed E-state index contributed by atoms with van der Waals surface area (Å²) in [4.78, 5) is 48.6. The Labute approximate surface area is 209 Å². The Hall–Kier alpha value is -4.35. The zero-order valence-electron chi connectivity index (χ0n) is 19.3. The third-order valence-corrected chi connectivity index (χ3v) is 7.08. The van der Waals surface area contributed by atoms with E-state index in [2.05, 4.69) is 5.32 Å². The molecule has 37 heavy (non-hydrogen) atoms. The van der Waals surface area contributed by atoms with E-state index in [1.54, 1.807) is 12.1 Å². The van der Waals surface area contributed by atoms with Crippen LogP contribution in [0.3, 0.4) is 0 Å². The van der Waals surface area contributed by atoms with E-state index in [4.69, 9.17) is 4.74 Å². The summed E-state index contributed by atoms with van der Waals surface area (Å²) in [7, 11) is 0. The fourth-order valence-electron chi connectivity index (χ4n) is 5.21. The van der Waals surface area contributed by atoms with Crippen LogP contribution >= 0.6 is 0 Å². The number of hydrogen-bond donors (Lipinski definition) is 4. The molecule has 1 amide bonds. The second kappa shape index (κ2) is 8.95. The molecule has 3 aliphatic rings. The molecule has 0 aliphatic heterocycles. The van der Waals surface area contributed by atoms with Gasteiger partial charge in [0.1, 0.15) is 12.4 Å². The van der Waals surface area contributed by atoms with E-state index >= 15 is 0 Å². The molecular formula is C26H22N2O9. The zero-order valence-corrected chi connectivity index (χ0v) is 19.3. The minimum absolute atomic E-state index is 0.0712. The third-order valence-electron chi connectivity index (χ3n) is 7.08. The van der Waals surface area contributed by atoms with E-state index < -0.39 is 46.8 Å². The number of aliphatic hydroxyl groups is 3. The first-order valence-corrected chi connectivity index (χ1v) is 11.5. The van der Waals surface area contributed by atoms with Gasteiger partial charge >= 0.3 is 6.09 Å². The van der Waals surface area contributed by atoms with Gasteiger partial charge in [-0.25, -0.2) is 4.79 Å². The van der Waals surface area contributed by atoms with Gasteiger partial charge in [0.2, 0.25) is 0 Å². The lowest BCUT2D eigenvalue weighted by Gasteiger charge is -2.43. The second-order valence-corrected chi connectivity index (χ2v) is 9.35. The van der Waals surface area contributed by atoms with Crippen LogP contribution in [0, 0.1) is 16.0 Å². The number of amides is 1. The maximum atomic E-state index is 13.2. The number of hydrogen-bond acceptors (Lipinski definition) is 9. The molecule has 0 spiro atoms. The summed E-state index contributed by atoms with van der Waals surface area (Å²) in [5.74, 6) is -2.31. The highest BCUT2D eigenvalue weighted by atomic mass is 16.6. The van der Waals surface area contributed by atoms with E-state index in [-0.39, 0.29) is 58.7 Å². The monoisotopic (exact) mass is 506 g/mol. The summed E-state index contributed by atoms with van der Waals surface area (Å²) in [6.45, 7) is -0.440. The van der Waals surface area contributed by atoms with Gasteiger partial charge < -0.3 is 20.1 Å². The van der Waals surface area contributed by atoms with Crippen molar-refractivity contribution < 1.29 is 39.4 Å². The standard InChI is InChI=1S/C26H22N2O9/c29-21-15-3-1-2-4-16(15)22(30)20-19(21)23(31)17-9-10-26(34,11-18(17)24(20)32)12-37-25(33)27-13-5-7-14(8-6-13)28(35)36/h1-8,18,24,31-32,34H,9-12H2,(H,27,33). The van der Waals surface area contributed by atoms with Gasteiger partial charge in [-0.05, 0) is 37.0 Å². The van der Waals surface area contributed by atoms with Gasteiger partial charge in [-0.2, -0.15) is 0 Å². The molecule has 1 fully saturated rings. The first kappa shape index (κ1) is 24.3. The van der Waals surface area contributed by atoms with Crippen molar-refractivity contribution >= 4 is 29.0 Å². The van der Waals surface area contributed by atoms with Crippen LogP contribution in [0.25, 0.3) is 0 Å². The van der Waals surface area contributed by atoms with Crippen LogP contribution in [-0.4, -0.2) is 56.2 Å². The Bertz CT molecular complexity index is 1410. The van der Waals surface area contributed by atoms with Crippen LogP contribution in [0.5, 0.6) is 0 Å². The average molecular weight is 506 g/mol. The molecule has 11 heteroatoms. The molecule has 3 atom stereocenters. The van der Waals surface area contributed by atoms with E-state index in [0.29, 0.717) is 5.57 Å². The molecule has 1 saturated carbocycles. The van der Waals surface area contributed by atoms with Crippen molar-refractivity contribution in [3.63, 3.8) is 0 Å². The number of Topliss-reactive ketones (excluding diaryl/α,β-unsaturated/α-hetero) is 2. The molecule has 190 valence electrons. The molecule has 2 aromatic rings. The van der Waals surface area contributed by atoms with Crippen LogP contribution in [0.4, 0.5) is 16.2 Å². The molecule has 0 heterocycles. The van der Waals surface area contributed by atoms with Gasteiger partial charge in [0.05, 0.1) is 22.2 Å². The number of nitro groups is 1. The summed E-state index contributed by atoms with van der Waals surface area (Å²) >= 11 is 0. The number of fused-ring (bicyclic) bond motifs is 2. The maximum Gasteiger partial charge on any atom is 0.411 e. The molecule has 5 rings (SSSR count). The smallest absolute Gasteiger partial charge is 0.411 e. The van der Waals surface area contributed by atoms with Crippen molar-refractivity contribution in [1.82, 2.24) is 0 Å². The molecular weight excluding hydrogens is 484 g/mol. The Morgan fingerprint density at radius 2 is 1.76 bits per heavy atom. The molecule has 11 nitrogen and oxygen atoms in total. The molecule has 0 aromatic heterocycles. The average Bonchev–Trinajstić information content (AvgIpc) is 2.88. The zero-order chi connectivity index (χ0) is 26.5. The van der Waals surface area contributed by atoms with Crippen LogP contribution in [0.1, 0.15) is 40.0 Å². The number of non-ortho nitro benzene ring substituents is 1. The molecule has 0 saturated heterocycles. The Kier molecular flexibility index (Phi) is 5.89. The molecule has 2 aromatic carbocycles. The van der Waals surface area contributed by atoms with E-state index in [0.717, 1.165) is 0 Å². The van der Waals surface area contributed by atoms with E-state index in [9.17, 15) is 39.8 Å². The van der Waals surface area contributed by atoms with Crippen molar-refractivity contribution in [3.8, 4) is 0 Å². The Balaban J connectivity index is 1.30. The van der Waals surface area contributed by atoms with E-state index in [1.807, 2.05) is 0 Å². The lowest BCUT2D eigenvalue weighted by Crippen LogP contribution is -2.48. The highest BCUT2D eigenvalue weighted by Crippen LogP contribution is 2.48. The number of carbonyl (C=O) groups excluding carboxylic acids is 3. The molecule has 0 radical (unpaired) electrons. The van der Waals surface area contributed by atoms with E-state index in [1.165, 1.54) is 36.4 Å². The lowest BCUT2D eigenvalue weighted by atomic mass is 9.65. The van der Waals surface area contributed by atoms with Crippen molar-refractivity contribution in [1.29, 1.82) is 0 Å². The van der Waals surface area contributed by atoms with Crippen LogP contribution in [0.2, 0.25) is 0 Å². The largest absolute Gasteiger partial charge is 0.507 e. The van der Waals surface area contributed by atoms with Crippen molar-refractivity contribution in [3.05, 3.63) is 92.3 Å². The summed E-state index contributed by atoms with van der Waals surface area (Å²) in [5.41, 5.74) is -1.20. The predicted octanol–water partition coefficient (Wildman–Crippen LogP) is 3.24. The van der Waals surface area contributed by atoms with Crippen molar-refractivity contribution in [2.24, 2.45) is 5.92 Å². The van der Waals surface area contributed by atoms with Gasteiger partial charge in [-0.1, -0.05) is 24.3 Å². The number of nitro benzene ring substituents is 1. The fourth-order valence-corrected chi connectivity index (χ4v) is 5.21. The second-order valence-electron chi connectivity index (χ2n) is 9.35. The lowest BCUT2D eigenvalue weighted by molar-refractivity contribution is -0.384. The maximum absolute atomic E-state index is 13.2. The third kappa shape index (κ3) is 4.17. The number of anilines is 1. The van der Waals surface area contributed by atoms with Crippen molar-refractivity contribution in [2.45, 2.75) is 31.0 Å². The van der Waals surface area contributed by atoms with Gasteiger partial charge in [-0.15, -0.1) is 0 Å². The first-order valence-electron chi connectivity index (χ1n) is 11.5. The normalized spacial score (nSPS) is 24.7. The highest BCUT2D eigenvalue weighted by Gasteiger charge is 2.50. The number of carbonyl (C=O) groups is 3. The first-order chi connectivity index (χ1) is 17.6. The molecule has 0 bridgehead atoms. The topological polar surface area (TPSA) is 176 Å². The number of aliphatic hydroxyl groups excluding tert-OH is 2. The Morgan fingerprint density at radius 1 is 1.11 bits per heavy atom. The number of ether oxygens (including phenoxy) is 1. The predicted molar refractivity (Wildman–Crippen MR) is 128 cm³/mol. The van der Waals surface area contributed by atoms with Crippen LogP contribution in [0.15, 0.2) is 71.0 Å². The summed E-state index contributed by atoms with van der Waals surface area (Å²) < 4.78 is 5.17. The van der Waals surface area contributed by atoms with Gasteiger partial charge in [0, 0.05) is 40.4 Å². The number of ketones is 2. The summed E-state index contributed by atoms with van der Waals surface area (Å²) in [6, 6.07) is 11.3. The number of rotatable bonds is 4. The van der Waals surface area contributed by atoms with Gasteiger partial charge in [0.15, 0.2) is 11.6 Å². The Morgan fingerprint density at radius 3 is 2.41 bits per heavy atom. The highest BCUT2D eigenvalue weighted by molar-refractivity contribution is 6.29. The molecule has 3 unspecified atom stereocenters. The summed E-state index contributed by atoms with van der Waals surface area (Å²) in [6.07, 6.45) is -2.28. The number of nitrogens with one attached hydrogen (secondary N) is 1. The number of nitrogens with zero attached hydrogens (tertiary/aromatic N) is 1. The van der Waals surface area contributed by atoms with Gasteiger partial charge in [-0.3, -0.25) is 25.0 Å². The molecule has 3 aliphatic carbocycles. The number of benzene rings is 2. The van der Waals surface area contributed by atoms with Crippen molar-refractivity contribution in [2.75, 3.05) is 11.9 Å². The van der Waals surface area contributed by atoms with Crippen LogP contribution in [-0.2, 0) is 4.74 Å². The molecule has 4 N–H and O–H groups in total. The minimum atomic E-state index is -1.57. The fraction of sp³-hybridized carbons (Fsp3) is 0.269. The van der Waals surface area contributed by atoms with Gasteiger partial charge in [0.25, 0.3) is 5.69 Å². The quantitative estimate of drug-likeness (QED) is 0.358. The minimum Gasteiger partial charge on any atom is -0.507 e.